The molecule has 0 unspecified atom stereocenters. The second-order valence-electron chi connectivity index (χ2n) is 7.34. The van der Waals surface area contributed by atoms with Crippen molar-refractivity contribution in [1.29, 1.82) is 0 Å². The average molecular weight is 413 g/mol. The van der Waals surface area contributed by atoms with Gasteiger partial charge in [0.25, 0.3) is 0 Å². The van der Waals surface area contributed by atoms with E-state index in [1.54, 1.807) is 45.0 Å². The van der Waals surface area contributed by atoms with Crippen LogP contribution in [0.1, 0.15) is 37.5 Å². The van der Waals surface area contributed by atoms with Gasteiger partial charge in [-0.2, -0.15) is 0 Å². The second kappa shape index (κ2) is 10.4. The molecule has 0 radical (unpaired) electrons. The van der Waals surface area contributed by atoms with Crippen molar-refractivity contribution in [3.8, 4) is 0 Å². The Morgan fingerprint density at radius 1 is 0.967 bits per heavy atom. The fourth-order valence-electron chi connectivity index (χ4n) is 2.75. The summed E-state index contributed by atoms with van der Waals surface area (Å²) in [5.41, 5.74) is 1.19. The van der Waals surface area contributed by atoms with Gasteiger partial charge in [0.1, 0.15) is 12.6 Å². The Balaban J connectivity index is 2.11. The third kappa shape index (κ3) is 6.34. The number of aliphatic carboxylic acids is 1. The number of amides is 1. The number of nitrogens with one attached hydrogen (secondary N) is 1. The summed E-state index contributed by atoms with van der Waals surface area (Å²) in [4.78, 5) is 35.9. The molecule has 1 amide bonds. The van der Waals surface area contributed by atoms with Gasteiger partial charge in [-0.05, 0) is 37.5 Å². The molecule has 160 valence electrons. The standard InChI is InChI=1S/C23H27NO6/c1-4-29-22(28)24-19(20(25)30-15-17-8-6-5-7-9-17)14-16-10-12-18(13-11-16)23(2,3)21(26)27/h5-13,19H,4,14-15H2,1-3H3,(H,24,28)(H,26,27)/t19-/m0/s1. The van der Waals surface area contributed by atoms with Gasteiger partial charge in [0, 0.05) is 6.42 Å². The fourth-order valence-corrected chi connectivity index (χ4v) is 2.75. The summed E-state index contributed by atoms with van der Waals surface area (Å²) in [6.07, 6.45) is -0.525. The largest absolute Gasteiger partial charge is 0.481 e. The average Bonchev–Trinajstić information content (AvgIpc) is 2.72. The maximum Gasteiger partial charge on any atom is 0.407 e. The molecule has 0 aliphatic heterocycles. The van der Waals surface area contributed by atoms with Crippen LogP contribution in [0, 0.1) is 0 Å². The zero-order valence-electron chi connectivity index (χ0n) is 17.4. The number of ether oxygens (including phenoxy) is 2. The number of carbonyl (C=O) groups excluding carboxylic acids is 2. The molecule has 0 saturated heterocycles. The Bertz CT molecular complexity index is 861. The summed E-state index contributed by atoms with van der Waals surface area (Å²) < 4.78 is 10.3. The van der Waals surface area contributed by atoms with Gasteiger partial charge in [-0.1, -0.05) is 54.6 Å². The molecule has 0 bridgehead atoms. The van der Waals surface area contributed by atoms with Crippen LogP contribution >= 0.6 is 0 Å². The van der Waals surface area contributed by atoms with Crippen LogP contribution in [-0.4, -0.2) is 35.8 Å². The highest BCUT2D eigenvalue weighted by Crippen LogP contribution is 2.24. The topological polar surface area (TPSA) is 102 Å². The molecule has 2 N–H and O–H groups in total. The minimum atomic E-state index is -1.03. The van der Waals surface area contributed by atoms with Gasteiger partial charge in [-0.15, -0.1) is 0 Å². The molecule has 2 rings (SSSR count). The monoisotopic (exact) mass is 413 g/mol. The molecule has 0 saturated carbocycles. The summed E-state index contributed by atoms with van der Waals surface area (Å²) in [5, 5.41) is 11.9. The first-order chi connectivity index (χ1) is 14.2. The molecule has 1 atom stereocenters. The van der Waals surface area contributed by atoms with Crippen molar-refractivity contribution in [3.05, 3.63) is 71.3 Å². The summed E-state index contributed by atoms with van der Waals surface area (Å²) in [5.74, 6) is -1.51. The van der Waals surface area contributed by atoms with Crippen LogP contribution in [0.4, 0.5) is 4.79 Å². The van der Waals surface area contributed by atoms with Gasteiger partial charge in [0.2, 0.25) is 0 Å². The van der Waals surface area contributed by atoms with Crippen LogP contribution in [-0.2, 0) is 37.5 Å². The first-order valence-electron chi connectivity index (χ1n) is 9.70. The number of esters is 1. The van der Waals surface area contributed by atoms with E-state index in [-0.39, 0.29) is 19.6 Å². The first-order valence-corrected chi connectivity index (χ1v) is 9.70. The predicted octanol–water partition coefficient (Wildman–Crippen LogP) is 3.45. The summed E-state index contributed by atoms with van der Waals surface area (Å²) in [6.45, 7) is 5.18. The van der Waals surface area contributed by atoms with Crippen LogP contribution < -0.4 is 5.32 Å². The Morgan fingerprint density at radius 2 is 1.60 bits per heavy atom. The molecular formula is C23H27NO6. The van der Waals surface area contributed by atoms with Crippen molar-refractivity contribution >= 4 is 18.0 Å². The van der Waals surface area contributed by atoms with Gasteiger partial charge in [-0.3, -0.25) is 4.79 Å². The SMILES string of the molecule is CCOC(=O)N[C@@H](Cc1ccc(C(C)(C)C(=O)O)cc1)C(=O)OCc1ccccc1. The van der Waals surface area contributed by atoms with Crippen molar-refractivity contribution in [3.63, 3.8) is 0 Å². The second-order valence-corrected chi connectivity index (χ2v) is 7.34. The van der Waals surface area contributed by atoms with E-state index in [4.69, 9.17) is 9.47 Å². The lowest BCUT2D eigenvalue weighted by atomic mass is 9.84. The molecule has 0 heterocycles. The molecule has 0 spiro atoms. The van der Waals surface area contributed by atoms with Crippen molar-refractivity contribution < 1.29 is 29.0 Å². The van der Waals surface area contributed by atoms with E-state index in [0.717, 1.165) is 11.1 Å². The maximum absolute atomic E-state index is 12.6. The van der Waals surface area contributed by atoms with E-state index in [9.17, 15) is 19.5 Å². The van der Waals surface area contributed by atoms with Gasteiger partial charge < -0.3 is 19.9 Å². The highest BCUT2D eigenvalue weighted by atomic mass is 16.6. The van der Waals surface area contributed by atoms with Crippen LogP contribution in [0.3, 0.4) is 0 Å². The van der Waals surface area contributed by atoms with E-state index in [1.165, 1.54) is 0 Å². The molecule has 30 heavy (non-hydrogen) atoms. The van der Waals surface area contributed by atoms with Crippen molar-refractivity contribution in [2.24, 2.45) is 0 Å². The lowest BCUT2D eigenvalue weighted by Gasteiger charge is -2.21. The lowest BCUT2D eigenvalue weighted by Crippen LogP contribution is -2.43. The van der Waals surface area contributed by atoms with Crippen LogP contribution in [0.25, 0.3) is 0 Å². The number of carboxylic acids is 1. The quantitative estimate of drug-likeness (QED) is 0.611. The summed E-state index contributed by atoms with van der Waals surface area (Å²) in [7, 11) is 0. The van der Waals surface area contributed by atoms with E-state index >= 15 is 0 Å². The maximum atomic E-state index is 12.6. The van der Waals surface area contributed by atoms with Gasteiger partial charge in [0.15, 0.2) is 0 Å². The zero-order valence-corrected chi connectivity index (χ0v) is 17.4. The van der Waals surface area contributed by atoms with Crippen molar-refractivity contribution in [2.75, 3.05) is 6.61 Å². The first kappa shape index (κ1) is 22.9. The fraction of sp³-hybridized carbons (Fsp3) is 0.348. The number of carbonyl (C=O) groups is 3. The Hall–Kier alpha value is -3.35. The highest BCUT2D eigenvalue weighted by molar-refractivity contribution is 5.82. The molecule has 0 aliphatic carbocycles. The summed E-state index contributed by atoms with van der Waals surface area (Å²) in [6, 6.07) is 15.2. The summed E-state index contributed by atoms with van der Waals surface area (Å²) >= 11 is 0. The highest BCUT2D eigenvalue weighted by Gasteiger charge is 2.29. The van der Waals surface area contributed by atoms with Crippen LogP contribution in [0.15, 0.2) is 54.6 Å². The lowest BCUT2D eigenvalue weighted by molar-refractivity contribution is -0.147. The van der Waals surface area contributed by atoms with Gasteiger partial charge in [-0.25, -0.2) is 9.59 Å². The minimum absolute atomic E-state index is 0.0897. The van der Waals surface area contributed by atoms with Crippen LogP contribution in [0.5, 0.6) is 0 Å². The number of hydrogen-bond donors (Lipinski definition) is 2. The number of benzene rings is 2. The number of hydrogen-bond acceptors (Lipinski definition) is 5. The molecule has 0 aliphatic rings. The molecule has 2 aromatic rings. The molecule has 7 heteroatoms. The molecule has 7 nitrogen and oxygen atoms in total. The van der Waals surface area contributed by atoms with Gasteiger partial charge >= 0.3 is 18.0 Å². The molecule has 2 aromatic carbocycles. The van der Waals surface area contributed by atoms with Crippen LogP contribution in [0.2, 0.25) is 0 Å². The minimum Gasteiger partial charge on any atom is -0.481 e. The van der Waals surface area contributed by atoms with E-state index in [2.05, 4.69) is 5.32 Å². The Kier molecular flexibility index (Phi) is 7.98. The number of carboxylic acid groups (broad SMARTS) is 1. The van der Waals surface area contributed by atoms with E-state index in [0.29, 0.717) is 5.56 Å². The van der Waals surface area contributed by atoms with E-state index in [1.807, 2.05) is 30.3 Å². The zero-order chi connectivity index (χ0) is 22.1. The third-order valence-electron chi connectivity index (χ3n) is 4.73. The Labute approximate surface area is 176 Å². The van der Waals surface area contributed by atoms with Crippen molar-refractivity contribution in [2.45, 2.75) is 45.3 Å². The third-order valence-corrected chi connectivity index (χ3v) is 4.73. The molecule has 0 fully saturated rings. The smallest absolute Gasteiger partial charge is 0.407 e. The molecular weight excluding hydrogens is 386 g/mol. The molecule has 0 aromatic heterocycles. The van der Waals surface area contributed by atoms with E-state index < -0.39 is 29.5 Å². The number of alkyl carbamates (subject to hydrolysis) is 1. The Morgan fingerprint density at radius 3 is 2.17 bits per heavy atom. The predicted molar refractivity (Wildman–Crippen MR) is 111 cm³/mol. The number of rotatable bonds is 9. The normalized spacial score (nSPS) is 12.0. The van der Waals surface area contributed by atoms with Crippen molar-refractivity contribution in [1.82, 2.24) is 5.32 Å². The van der Waals surface area contributed by atoms with Gasteiger partial charge in [0.05, 0.1) is 12.0 Å².